The van der Waals surface area contributed by atoms with Crippen molar-refractivity contribution in [1.82, 2.24) is 0 Å². The number of hydrogen-bond acceptors (Lipinski definition) is 1. The third-order valence-corrected chi connectivity index (χ3v) is 6.08. The second-order valence-electron chi connectivity index (χ2n) is 7.68. The molecule has 140 valence electrons. The lowest BCUT2D eigenvalue weighted by molar-refractivity contribution is 0.132. The fourth-order valence-electron chi connectivity index (χ4n) is 4.54. The summed E-state index contributed by atoms with van der Waals surface area (Å²) in [6.07, 6.45) is 5.52. The molecule has 1 aromatic rings. The molecule has 1 saturated carbocycles. The highest BCUT2D eigenvalue weighted by molar-refractivity contribution is 5.47. The van der Waals surface area contributed by atoms with Gasteiger partial charge in [0.25, 0.3) is 6.43 Å². The van der Waals surface area contributed by atoms with Crippen LogP contribution in [0.3, 0.4) is 0 Å². The van der Waals surface area contributed by atoms with Gasteiger partial charge in [0, 0.05) is 0 Å². The Morgan fingerprint density at radius 1 is 1.12 bits per heavy atom. The van der Waals surface area contributed by atoms with E-state index >= 15 is 0 Å². The molecule has 0 aromatic heterocycles. The SMILES string of the molecule is CCCC1CCc2cc(C3CCC(CC)CC3)c(C(F)F)c(F)c2O1. The quantitative estimate of drug-likeness (QED) is 0.556. The Labute approximate surface area is 149 Å². The number of hydrogen-bond donors (Lipinski definition) is 0. The molecular formula is C21H29F3O. The van der Waals surface area contributed by atoms with Gasteiger partial charge in [-0.05, 0) is 67.9 Å². The van der Waals surface area contributed by atoms with Gasteiger partial charge in [0.1, 0.15) is 0 Å². The summed E-state index contributed by atoms with van der Waals surface area (Å²) < 4.78 is 48.1. The third kappa shape index (κ3) is 3.83. The predicted octanol–water partition coefficient (Wildman–Crippen LogP) is 6.94. The van der Waals surface area contributed by atoms with Crippen molar-refractivity contribution in [2.24, 2.45) is 5.92 Å². The van der Waals surface area contributed by atoms with Crippen LogP contribution in [-0.4, -0.2) is 6.10 Å². The zero-order valence-corrected chi connectivity index (χ0v) is 15.3. The van der Waals surface area contributed by atoms with E-state index in [1.54, 1.807) is 0 Å². The number of benzene rings is 1. The van der Waals surface area contributed by atoms with Crippen molar-refractivity contribution in [2.75, 3.05) is 0 Å². The van der Waals surface area contributed by atoms with Crippen molar-refractivity contribution in [2.45, 2.75) is 90.1 Å². The number of rotatable bonds is 5. The maximum Gasteiger partial charge on any atom is 0.267 e. The van der Waals surface area contributed by atoms with Crippen LogP contribution in [0.4, 0.5) is 13.2 Å². The van der Waals surface area contributed by atoms with Crippen LogP contribution in [-0.2, 0) is 6.42 Å². The Bertz CT molecular complexity index is 591. The fraction of sp³-hybridized carbons (Fsp3) is 0.714. The molecule has 0 saturated heterocycles. The molecule has 25 heavy (non-hydrogen) atoms. The number of fused-ring (bicyclic) bond motifs is 1. The lowest BCUT2D eigenvalue weighted by Crippen LogP contribution is -2.25. The van der Waals surface area contributed by atoms with Crippen molar-refractivity contribution in [3.8, 4) is 5.75 Å². The molecule has 1 aliphatic carbocycles. The Kier molecular flexibility index (Phi) is 5.96. The van der Waals surface area contributed by atoms with E-state index in [1.165, 1.54) is 0 Å². The minimum Gasteiger partial charge on any atom is -0.487 e. The molecule has 0 radical (unpaired) electrons. The molecular weight excluding hydrogens is 325 g/mol. The molecule has 2 aliphatic rings. The maximum absolute atomic E-state index is 15.0. The Morgan fingerprint density at radius 3 is 2.44 bits per heavy atom. The summed E-state index contributed by atoms with van der Waals surface area (Å²) in [5.74, 6) is 0.0266. The standard InChI is InChI=1S/C21H29F3O/c1-3-5-16-11-10-15-12-17(14-8-6-13(4-2)7-9-14)18(21(23)24)19(22)20(15)25-16/h12-14,16,21H,3-11H2,1-2H3. The average molecular weight is 354 g/mol. The maximum atomic E-state index is 15.0. The molecule has 1 unspecified atom stereocenters. The molecule has 0 bridgehead atoms. The molecule has 0 N–H and O–H groups in total. The summed E-state index contributed by atoms with van der Waals surface area (Å²) >= 11 is 0. The minimum absolute atomic E-state index is 0.0524. The molecule has 1 heterocycles. The summed E-state index contributed by atoms with van der Waals surface area (Å²) in [4.78, 5) is 0. The molecule has 4 heteroatoms. The topological polar surface area (TPSA) is 9.23 Å². The van der Waals surface area contributed by atoms with E-state index in [0.29, 0.717) is 11.5 Å². The van der Waals surface area contributed by atoms with Crippen LogP contribution < -0.4 is 4.74 Å². The summed E-state index contributed by atoms with van der Waals surface area (Å²) in [5.41, 5.74) is 0.913. The van der Waals surface area contributed by atoms with E-state index in [1.807, 2.05) is 6.07 Å². The Balaban J connectivity index is 1.93. The zero-order valence-electron chi connectivity index (χ0n) is 15.3. The van der Waals surface area contributed by atoms with Crippen LogP contribution in [0.15, 0.2) is 6.07 Å². The normalized spacial score (nSPS) is 26.4. The van der Waals surface area contributed by atoms with E-state index in [-0.39, 0.29) is 17.8 Å². The van der Waals surface area contributed by atoms with E-state index in [0.717, 1.165) is 63.4 Å². The van der Waals surface area contributed by atoms with Crippen LogP contribution in [0.5, 0.6) is 5.75 Å². The van der Waals surface area contributed by atoms with Crippen molar-refractivity contribution in [3.05, 3.63) is 28.6 Å². The molecule has 1 fully saturated rings. The zero-order chi connectivity index (χ0) is 18.0. The van der Waals surface area contributed by atoms with E-state index in [2.05, 4.69) is 13.8 Å². The third-order valence-electron chi connectivity index (χ3n) is 6.08. The van der Waals surface area contributed by atoms with E-state index in [4.69, 9.17) is 4.74 Å². The van der Waals surface area contributed by atoms with Gasteiger partial charge in [0.15, 0.2) is 11.6 Å². The summed E-state index contributed by atoms with van der Waals surface area (Å²) in [6, 6.07) is 1.83. The van der Waals surface area contributed by atoms with Gasteiger partial charge in [-0.25, -0.2) is 13.2 Å². The first-order valence-electron chi connectivity index (χ1n) is 9.85. The number of halogens is 3. The molecule has 1 nitrogen and oxygen atoms in total. The smallest absolute Gasteiger partial charge is 0.267 e. The van der Waals surface area contributed by atoms with Crippen LogP contribution in [0.1, 0.15) is 94.2 Å². The predicted molar refractivity (Wildman–Crippen MR) is 94.0 cm³/mol. The largest absolute Gasteiger partial charge is 0.487 e. The van der Waals surface area contributed by atoms with Crippen molar-refractivity contribution in [3.63, 3.8) is 0 Å². The van der Waals surface area contributed by atoms with Crippen LogP contribution in [0, 0.1) is 11.7 Å². The highest BCUT2D eigenvalue weighted by atomic mass is 19.3. The van der Waals surface area contributed by atoms with Gasteiger partial charge in [0.05, 0.1) is 11.7 Å². The minimum atomic E-state index is -2.79. The number of alkyl halides is 2. The summed E-state index contributed by atoms with van der Waals surface area (Å²) in [5, 5.41) is 0. The van der Waals surface area contributed by atoms with Crippen molar-refractivity contribution < 1.29 is 17.9 Å². The Morgan fingerprint density at radius 2 is 1.84 bits per heavy atom. The molecule has 1 aromatic carbocycles. The first-order valence-corrected chi connectivity index (χ1v) is 9.85. The second-order valence-corrected chi connectivity index (χ2v) is 7.68. The van der Waals surface area contributed by atoms with Crippen molar-refractivity contribution in [1.29, 1.82) is 0 Å². The lowest BCUT2D eigenvalue weighted by atomic mass is 9.76. The van der Waals surface area contributed by atoms with Crippen LogP contribution in [0.25, 0.3) is 0 Å². The van der Waals surface area contributed by atoms with Gasteiger partial charge in [-0.15, -0.1) is 0 Å². The van der Waals surface area contributed by atoms with Gasteiger partial charge >= 0.3 is 0 Å². The van der Waals surface area contributed by atoms with Crippen molar-refractivity contribution >= 4 is 0 Å². The highest BCUT2D eigenvalue weighted by Crippen LogP contribution is 2.45. The van der Waals surface area contributed by atoms with E-state index in [9.17, 15) is 13.2 Å². The highest BCUT2D eigenvalue weighted by Gasteiger charge is 2.33. The molecule has 1 aliphatic heterocycles. The first kappa shape index (κ1) is 18.6. The Hall–Kier alpha value is -1.19. The average Bonchev–Trinajstić information content (AvgIpc) is 2.62. The van der Waals surface area contributed by atoms with Gasteiger partial charge in [-0.3, -0.25) is 0 Å². The van der Waals surface area contributed by atoms with Gasteiger partial charge in [-0.2, -0.15) is 0 Å². The van der Waals surface area contributed by atoms with Crippen LogP contribution >= 0.6 is 0 Å². The number of ether oxygens (including phenoxy) is 1. The molecule has 1 atom stereocenters. The summed E-state index contributed by atoms with van der Waals surface area (Å²) in [6.45, 7) is 4.23. The summed E-state index contributed by atoms with van der Waals surface area (Å²) in [7, 11) is 0. The fourth-order valence-corrected chi connectivity index (χ4v) is 4.54. The van der Waals surface area contributed by atoms with E-state index < -0.39 is 17.8 Å². The van der Waals surface area contributed by atoms with Gasteiger partial charge in [-0.1, -0.05) is 32.8 Å². The monoisotopic (exact) mass is 354 g/mol. The van der Waals surface area contributed by atoms with Crippen LogP contribution in [0.2, 0.25) is 0 Å². The molecule has 0 spiro atoms. The van der Waals surface area contributed by atoms with Gasteiger partial charge < -0.3 is 4.74 Å². The molecule has 3 rings (SSSR count). The second kappa shape index (κ2) is 8.01. The molecule has 0 amide bonds. The first-order chi connectivity index (χ1) is 12.0. The lowest BCUT2D eigenvalue weighted by Gasteiger charge is -2.32. The van der Waals surface area contributed by atoms with Gasteiger partial charge in [0.2, 0.25) is 0 Å². The number of aryl methyl sites for hydroxylation is 1.